The predicted octanol–water partition coefficient (Wildman–Crippen LogP) is 4.46. The maximum atomic E-state index is 13.1. The molecule has 160 valence electrons. The van der Waals surface area contributed by atoms with E-state index in [-0.39, 0.29) is 17.7 Å². The standard InChI is InChI=1S/C25H27N3O3/c1-16(29)17-6-5-7-18(14-17)20-10-11-22(31-2)23-21(20)15-28(27-23)25(12-13-25)24(30)26-19-8-3-4-9-19/h5-7,10-11,14-15,19H,3-4,8-9,12-13H2,1-2H3,(H,26,30). The lowest BCUT2D eigenvalue weighted by molar-refractivity contribution is -0.126. The number of amides is 1. The van der Waals surface area contributed by atoms with Crippen LogP contribution in [0.3, 0.4) is 0 Å². The molecule has 31 heavy (non-hydrogen) atoms. The van der Waals surface area contributed by atoms with Crippen LogP contribution in [-0.2, 0) is 10.3 Å². The summed E-state index contributed by atoms with van der Waals surface area (Å²) in [5, 5.41) is 8.99. The molecular weight excluding hydrogens is 390 g/mol. The van der Waals surface area contributed by atoms with E-state index in [4.69, 9.17) is 9.84 Å². The van der Waals surface area contributed by atoms with Crippen molar-refractivity contribution in [2.75, 3.05) is 7.11 Å². The summed E-state index contributed by atoms with van der Waals surface area (Å²) in [4.78, 5) is 25.0. The Hall–Kier alpha value is -3.15. The van der Waals surface area contributed by atoms with Gasteiger partial charge in [0.25, 0.3) is 0 Å². The van der Waals surface area contributed by atoms with Crippen molar-refractivity contribution < 1.29 is 14.3 Å². The van der Waals surface area contributed by atoms with Crippen LogP contribution in [0.25, 0.3) is 22.0 Å². The highest BCUT2D eigenvalue weighted by molar-refractivity contribution is 6.00. The Kier molecular flexibility index (Phi) is 4.80. The molecular formula is C25H27N3O3. The smallest absolute Gasteiger partial charge is 0.248 e. The van der Waals surface area contributed by atoms with Crippen molar-refractivity contribution in [1.82, 2.24) is 15.1 Å². The number of methoxy groups -OCH3 is 1. The zero-order chi connectivity index (χ0) is 21.6. The molecule has 2 aliphatic carbocycles. The highest BCUT2D eigenvalue weighted by Gasteiger charge is 2.53. The average molecular weight is 418 g/mol. The molecule has 6 heteroatoms. The van der Waals surface area contributed by atoms with E-state index in [1.807, 2.05) is 47.3 Å². The van der Waals surface area contributed by atoms with Gasteiger partial charge in [-0.2, -0.15) is 5.10 Å². The summed E-state index contributed by atoms with van der Waals surface area (Å²) in [5.41, 5.74) is 2.71. The molecule has 0 saturated heterocycles. The fourth-order valence-electron chi connectivity index (χ4n) is 4.69. The highest BCUT2D eigenvalue weighted by atomic mass is 16.5. The van der Waals surface area contributed by atoms with Gasteiger partial charge in [0.1, 0.15) is 16.8 Å². The number of fused-ring (bicyclic) bond motifs is 1. The predicted molar refractivity (Wildman–Crippen MR) is 119 cm³/mol. The van der Waals surface area contributed by atoms with Crippen molar-refractivity contribution in [2.24, 2.45) is 0 Å². The number of ether oxygens (including phenoxy) is 1. The number of rotatable bonds is 6. The number of Topliss-reactive ketones (excluding diaryl/α,β-unsaturated/α-hetero) is 1. The van der Waals surface area contributed by atoms with Gasteiger partial charge in [0.05, 0.1) is 7.11 Å². The fraction of sp³-hybridized carbons (Fsp3) is 0.400. The summed E-state index contributed by atoms with van der Waals surface area (Å²) < 4.78 is 7.40. The van der Waals surface area contributed by atoms with Crippen molar-refractivity contribution in [2.45, 2.75) is 57.0 Å². The Morgan fingerprint density at radius 2 is 1.94 bits per heavy atom. The molecule has 6 nitrogen and oxygen atoms in total. The molecule has 1 amide bonds. The van der Waals surface area contributed by atoms with Gasteiger partial charge in [-0.1, -0.05) is 31.0 Å². The molecule has 0 unspecified atom stereocenters. The lowest BCUT2D eigenvalue weighted by Gasteiger charge is -2.19. The molecule has 1 aromatic heterocycles. The Bertz CT molecular complexity index is 1170. The normalized spacial score (nSPS) is 17.6. The fourth-order valence-corrected chi connectivity index (χ4v) is 4.69. The first-order valence-electron chi connectivity index (χ1n) is 11.0. The van der Waals surface area contributed by atoms with Crippen molar-refractivity contribution in [3.05, 3.63) is 48.2 Å². The third-order valence-corrected chi connectivity index (χ3v) is 6.71. The van der Waals surface area contributed by atoms with Gasteiger partial charge in [0.15, 0.2) is 5.78 Å². The molecule has 0 spiro atoms. The zero-order valence-corrected chi connectivity index (χ0v) is 18.0. The number of carbonyl (C=O) groups excluding carboxylic acids is 2. The number of ketones is 1. The van der Waals surface area contributed by atoms with E-state index < -0.39 is 5.54 Å². The lowest BCUT2D eigenvalue weighted by atomic mass is 9.98. The van der Waals surface area contributed by atoms with Crippen LogP contribution in [0.15, 0.2) is 42.6 Å². The van der Waals surface area contributed by atoms with Crippen LogP contribution in [0, 0.1) is 0 Å². The van der Waals surface area contributed by atoms with Crippen molar-refractivity contribution in [3.63, 3.8) is 0 Å². The molecule has 2 fully saturated rings. The second-order valence-corrected chi connectivity index (χ2v) is 8.77. The molecule has 0 radical (unpaired) electrons. The second-order valence-electron chi connectivity index (χ2n) is 8.77. The first-order chi connectivity index (χ1) is 15.0. The molecule has 3 aromatic rings. The summed E-state index contributed by atoms with van der Waals surface area (Å²) in [6, 6.07) is 11.8. The van der Waals surface area contributed by atoms with Crippen LogP contribution in [-0.4, -0.2) is 34.6 Å². The summed E-state index contributed by atoms with van der Waals surface area (Å²) in [7, 11) is 1.63. The van der Waals surface area contributed by atoms with Gasteiger partial charge < -0.3 is 10.1 Å². The zero-order valence-electron chi connectivity index (χ0n) is 18.0. The third kappa shape index (κ3) is 3.40. The number of hydrogen-bond donors (Lipinski definition) is 1. The summed E-state index contributed by atoms with van der Waals surface area (Å²) in [6.07, 6.45) is 8.04. The van der Waals surface area contributed by atoms with E-state index in [9.17, 15) is 9.59 Å². The SMILES string of the molecule is COc1ccc(-c2cccc(C(C)=O)c2)c2cn(C3(C(=O)NC4CCCC4)CC3)nc12. The average Bonchev–Trinajstić information content (AvgIpc) is 3.20. The van der Waals surface area contributed by atoms with Crippen LogP contribution in [0.5, 0.6) is 5.75 Å². The minimum Gasteiger partial charge on any atom is -0.494 e. The number of nitrogens with zero attached hydrogens (tertiary/aromatic N) is 2. The van der Waals surface area contributed by atoms with Gasteiger partial charge in [0.2, 0.25) is 5.91 Å². The highest BCUT2D eigenvalue weighted by Crippen LogP contribution is 2.46. The molecule has 2 saturated carbocycles. The molecule has 0 aliphatic heterocycles. The topological polar surface area (TPSA) is 73.2 Å². The number of carbonyl (C=O) groups is 2. The van der Waals surface area contributed by atoms with Crippen molar-refractivity contribution >= 4 is 22.6 Å². The largest absolute Gasteiger partial charge is 0.494 e. The Labute approximate surface area is 181 Å². The maximum absolute atomic E-state index is 13.1. The van der Waals surface area contributed by atoms with Crippen LogP contribution in [0.1, 0.15) is 55.8 Å². The van der Waals surface area contributed by atoms with Crippen LogP contribution in [0.4, 0.5) is 0 Å². The third-order valence-electron chi connectivity index (χ3n) is 6.71. The van der Waals surface area contributed by atoms with Gasteiger partial charge in [-0.25, -0.2) is 0 Å². The first-order valence-corrected chi connectivity index (χ1v) is 11.0. The van der Waals surface area contributed by atoms with Gasteiger partial charge in [-0.05, 0) is 61.9 Å². The maximum Gasteiger partial charge on any atom is 0.248 e. The number of hydrogen-bond acceptors (Lipinski definition) is 4. The first kappa shape index (κ1) is 19.8. The molecule has 0 atom stereocenters. The lowest BCUT2D eigenvalue weighted by Crippen LogP contribution is -2.43. The Morgan fingerprint density at radius 3 is 2.61 bits per heavy atom. The second kappa shape index (κ2) is 7.52. The van der Waals surface area contributed by atoms with E-state index in [0.717, 1.165) is 47.7 Å². The van der Waals surface area contributed by atoms with E-state index in [1.54, 1.807) is 14.0 Å². The van der Waals surface area contributed by atoms with Gasteiger partial charge >= 0.3 is 0 Å². The van der Waals surface area contributed by atoms with Gasteiger partial charge in [-0.15, -0.1) is 0 Å². The molecule has 2 aliphatic rings. The molecule has 2 aromatic carbocycles. The Morgan fingerprint density at radius 1 is 1.16 bits per heavy atom. The molecule has 1 N–H and O–H groups in total. The minimum atomic E-state index is -0.606. The van der Waals surface area contributed by atoms with E-state index >= 15 is 0 Å². The monoisotopic (exact) mass is 417 g/mol. The number of aromatic nitrogens is 2. The van der Waals surface area contributed by atoms with E-state index in [2.05, 4.69) is 5.32 Å². The summed E-state index contributed by atoms with van der Waals surface area (Å²) in [5.74, 6) is 0.779. The minimum absolute atomic E-state index is 0.0304. The van der Waals surface area contributed by atoms with Gasteiger partial charge in [0, 0.05) is 23.2 Å². The van der Waals surface area contributed by atoms with E-state index in [1.165, 1.54) is 12.8 Å². The Balaban J connectivity index is 1.57. The molecule has 1 heterocycles. The van der Waals surface area contributed by atoms with Crippen molar-refractivity contribution in [1.29, 1.82) is 0 Å². The van der Waals surface area contributed by atoms with Gasteiger partial charge in [-0.3, -0.25) is 14.3 Å². The number of nitrogens with one attached hydrogen (secondary N) is 1. The molecule has 5 rings (SSSR count). The molecule has 0 bridgehead atoms. The van der Waals surface area contributed by atoms with E-state index in [0.29, 0.717) is 11.3 Å². The van der Waals surface area contributed by atoms with Crippen LogP contribution in [0.2, 0.25) is 0 Å². The van der Waals surface area contributed by atoms with Crippen LogP contribution >= 0.6 is 0 Å². The van der Waals surface area contributed by atoms with Crippen molar-refractivity contribution in [3.8, 4) is 16.9 Å². The number of benzene rings is 2. The van der Waals surface area contributed by atoms with Crippen LogP contribution < -0.4 is 10.1 Å². The summed E-state index contributed by atoms with van der Waals surface area (Å²) >= 11 is 0. The quantitative estimate of drug-likeness (QED) is 0.601. The summed E-state index contributed by atoms with van der Waals surface area (Å²) in [6.45, 7) is 1.57.